The number of carbonyl (C=O) groups excluding carboxylic acids is 2. The van der Waals surface area contributed by atoms with Gasteiger partial charge in [0.15, 0.2) is 0 Å². The Morgan fingerprint density at radius 3 is 2.71 bits per heavy atom. The van der Waals surface area contributed by atoms with Gasteiger partial charge in [0.1, 0.15) is 11.6 Å². The molecule has 31 heavy (non-hydrogen) atoms. The van der Waals surface area contributed by atoms with Gasteiger partial charge < -0.3 is 4.90 Å². The average molecular weight is 419 g/mol. The topological polar surface area (TPSA) is 83.1 Å². The minimum atomic E-state index is -0.556. The van der Waals surface area contributed by atoms with Crippen molar-refractivity contribution in [3.8, 4) is 0 Å². The summed E-state index contributed by atoms with van der Waals surface area (Å²) in [6.07, 6.45) is 2.26. The van der Waals surface area contributed by atoms with E-state index in [2.05, 4.69) is 10.2 Å². The largest absolute Gasteiger partial charge is 0.338 e. The summed E-state index contributed by atoms with van der Waals surface area (Å²) in [5, 5.41) is 7.95. The molecule has 3 aromatic rings. The van der Waals surface area contributed by atoms with Crippen molar-refractivity contribution in [3.05, 3.63) is 75.5 Å². The highest BCUT2D eigenvalue weighted by Gasteiger charge is 2.39. The van der Waals surface area contributed by atoms with E-state index in [9.17, 15) is 18.8 Å². The number of amides is 1. The predicted molar refractivity (Wildman–Crippen MR) is 113 cm³/mol. The summed E-state index contributed by atoms with van der Waals surface area (Å²) in [6.45, 7) is 1.08. The van der Waals surface area contributed by atoms with Crippen molar-refractivity contribution in [1.82, 2.24) is 15.1 Å². The number of likely N-dealkylation sites (tertiary alicyclic amines) is 1. The van der Waals surface area contributed by atoms with Crippen LogP contribution in [-0.2, 0) is 11.2 Å². The van der Waals surface area contributed by atoms with Gasteiger partial charge in [-0.2, -0.15) is 5.10 Å². The number of nitrogens with zero attached hydrogens (tertiary/aromatic N) is 2. The third kappa shape index (κ3) is 3.65. The maximum atomic E-state index is 14.6. The van der Waals surface area contributed by atoms with Gasteiger partial charge in [0, 0.05) is 37.7 Å². The molecule has 6 nitrogen and oxygen atoms in total. The van der Waals surface area contributed by atoms with Gasteiger partial charge >= 0.3 is 0 Å². The first-order chi connectivity index (χ1) is 15.0. The number of ketones is 1. The quantitative estimate of drug-likeness (QED) is 0.707. The van der Waals surface area contributed by atoms with E-state index in [0.717, 1.165) is 17.4 Å². The lowest BCUT2D eigenvalue weighted by molar-refractivity contribution is -0.122. The molecular weight excluding hydrogens is 397 g/mol. The van der Waals surface area contributed by atoms with Crippen molar-refractivity contribution in [2.45, 2.75) is 25.7 Å². The number of hydrogen-bond acceptors (Lipinski definition) is 4. The lowest BCUT2D eigenvalue weighted by Gasteiger charge is -2.21. The molecule has 5 rings (SSSR count). The molecule has 0 spiro atoms. The van der Waals surface area contributed by atoms with Crippen LogP contribution in [0, 0.1) is 17.7 Å². The van der Waals surface area contributed by atoms with Crippen molar-refractivity contribution in [2.24, 2.45) is 11.8 Å². The Balaban J connectivity index is 1.41. The van der Waals surface area contributed by atoms with E-state index in [1.165, 1.54) is 6.07 Å². The molecule has 1 aromatic heterocycles. The molecule has 2 aromatic carbocycles. The first-order valence-electron chi connectivity index (χ1n) is 10.6. The third-order valence-electron chi connectivity index (χ3n) is 6.56. The van der Waals surface area contributed by atoms with Gasteiger partial charge in [0.05, 0.1) is 16.6 Å². The van der Waals surface area contributed by atoms with E-state index < -0.39 is 5.82 Å². The van der Waals surface area contributed by atoms with Gasteiger partial charge in [-0.3, -0.25) is 14.4 Å². The van der Waals surface area contributed by atoms with Crippen LogP contribution in [0.15, 0.2) is 47.3 Å². The summed E-state index contributed by atoms with van der Waals surface area (Å²) in [5.41, 5.74) is 1.17. The first kappa shape index (κ1) is 19.6. The van der Waals surface area contributed by atoms with Crippen molar-refractivity contribution < 1.29 is 14.0 Å². The number of hydrogen-bond donors (Lipinski definition) is 1. The third-order valence-corrected chi connectivity index (χ3v) is 6.56. The van der Waals surface area contributed by atoms with Crippen molar-refractivity contribution >= 4 is 22.5 Å². The molecule has 2 atom stereocenters. The summed E-state index contributed by atoms with van der Waals surface area (Å²) in [6, 6.07) is 11.7. The molecule has 2 aliphatic rings. The number of aromatic nitrogens is 2. The van der Waals surface area contributed by atoms with Crippen LogP contribution in [0.1, 0.15) is 40.9 Å². The maximum absolute atomic E-state index is 14.6. The number of Topliss-reactive ketones (excluding diaryl/α,β-unsaturated/α-hetero) is 1. The van der Waals surface area contributed by atoms with Crippen LogP contribution in [0.25, 0.3) is 10.8 Å². The van der Waals surface area contributed by atoms with Gasteiger partial charge in [-0.05, 0) is 42.0 Å². The van der Waals surface area contributed by atoms with Crippen molar-refractivity contribution in [2.75, 3.05) is 13.1 Å². The Morgan fingerprint density at radius 2 is 1.87 bits per heavy atom. The van der Waals surface area contributed by atoms with E-state index in [4.69, 9.17) is 0 Å². The van der Waals surface area contributed by atoms with Gasteiger partial charge in [-0.1, -0.05) is 24.3 Å². The predicted octanol–water partition coefficient (Wildman–Crippen LogP) is 3.09. The van der Waals surface area contributed by atoms with Crippen molar-refractivity contribution in [1.29, 1.82) is 0 Å². The van der Waals surface area contributed by atoms with E-state index in [-0.39, 0.29) is 28.7 Å². The van der Waals surface area contributed by atoms with Crippen molar-refractivity contribution in [3.63, 3.8) is 0 Å². The monoisotopic (exact) mass is 419 g/mol. The standard InChI is InChI=1S/C24H22FN3O3/c25-21-8-5-14(10-22-18-3-1-2-4-19(18)23(30)27-26-22)9-20(21)24(31)28-12-15-6-7-17(29)11-16(15)13-28/h1-5,8-9,15-16H,6-7,10-13H2,(H,27,30). The Bertz CT molecular complexity index is 1250. The minimum Gasteiger partial charge on any atom is -0.338 e. The highest BCUT2D eigenvalue weighted by Crippen LogP contribution is 2.35. The molecule has 2 fully saturated rings. The van der Waals surface area contributed by atoms with Gasteiger partial charge in [0.2, 0.25) is 0 Å². The second kappa shape index (κ2) is 7.72. The van der Waals surface area contributed by atoms with Crippen LogP contribution >= 0.6 is 0 Å². The van der Waals surface area contributed by atoms with Crippen LogP contribution in [0.5, 0.6) is 0 Å². The fourth-order valence-electron chi connectivity index (χ4n) is 4.92. The number of fused-ring (bicyclic) bond motifs is 2. The molecule has 0 radical (unpaired) electrons. The van der Waals surface area contributed by atoms with Crippen LogP contribution in [0.4, 0.5) is 4.39 Å². The summed E-state index contributed by atoms with van der Waals surface area (Å²) < 4.78 is 14.6. The fourth-order valence-corrected chi connectivity index (χ4v) is 4.92. The normalized spacial score (nSPS) is 20.8. The van der Waals surface area contributed by atoms with Crippen LogP contribution in [0.3, 0.4) is 0 Å². The number of nitrogens with one attached hydrogen (secondary N) is 1. The minimum absolute atomic E-state index is 0.0382. The number of H-pyrrole nitrogens is 1. The Morgan fingerprint density at radius 1 is 1.10 bits per heavy atom. The SMILES string of the molecule is O=C1CCC2CN(C(=O)c3cc(Cc4n[nH]c(=O)c5ccccc45)ccc3F)CC2C1. The summed E-state index contributed by atoms with van der Waals surface area (Å²) in [5.74, 6) is -0.124. The van der Waals surface area contributed by atoms with Gasteiger partial charge in [-0.25, -0.2) is 9.49 Å². The second-order valence-electron chi connectivity index (χ2n) is 8.55. The molecule has 158 valence electrons. The molecule has 1 amide bonds. The average Bonchev–Trinajstić information content (AvgIpc) is 3.20. The molecular formula is C24H22FN3O3. The molecule has 7 heteroatoms. The zero-order valence-electron chi connectivity index (χ0n) is 16.9. The van der Waals surface area contributed by atoms with Crippen LogP contribution in [0.2, 0.25) is 0 Å². The van der Waals surface area contributed by atoms with Gasteiger partial charge in [-0.15, -0.1) is 0 Å². The summed E-state index contributed by atoms with van der Waals surface area (Å²) in [7, 11) is 0. The number of carbonyl (C=O) groups is 2. The zero-order valence-corrected chi connectivity index (χ0v) is 16.9. The van der Waals surface area contributed by atoms with Crippen LogP contribution in [-0.4, -0.2) is 39.9 Å². The fraction of sp³-hybridized carbons (Fsp3) is 0.333. The Kier molecular flexibility index (Phi) is 4.88. The molecule has 1 saturated heterocycles. The second-order valence-corrected chi connectivity index (χ2v) is 8.55. The number of benzene rings is 2. The number of rotatable bonds is 3. The Hall–Kier alpha value is -3.35. The lowest BCUT2D eigenvalue weighted by atomic mass is 9.81. The molecule has 2 unspecified atom stereocenters. The number of halogens is 1. The lowest BCUT2D eigenvalue weighted by Crippen LogP contribution is -2.30. The first-order valence-corrected chi connectivity index (χ1v) is 10.6. The molecule has 1 saturated carbocycles. The van der Waals surface area contributed by atoms with E-state index in [0.29, 0.717) is 49.4 Å². The number of aromatic amines is 1. The summed E-state index contributed by atoms with van der Waals surface area (Å²) >= 11 is 0. The molecule has 1 N–H and O–H groups in total. The van der Waals surface area contributed by atoms with Gasteiger partial charge in [0.25, 0.3) is 11.5 Å². The smallest absolute Gasteiger partial charge is 0.272 e. The molecule has 1 aliphatic heterocycles. The Labute approximate surface area is 178 Å². The highest BCUT2D eigenvalue weighted by atomic mass is 19.1. The molecule has 2 heterocycles. The van der Waals surface area contributed by atoms with E-state index in [1.54, 1.807) is 29.2 Å². The highest BCUT2D eigenvalue weighted by molar-refractivity contribution is 5.95. The van der Waals surface area contributed by atoms with E-state index in [1.807, 2.05) is 12.1 Å². The molecule has 0 bridgehead atoms. The maximum Gasteiger partial charge on any atom is 0.272 e. The summed E-state index contributed by atoms with van der Waals surface area (Å²) in [4.78, 5) is 38.5. The zero-order chi connectivity index (χ0) is 21.5. The molecule has 1 aliphatic carbocycles. The van der Waals surface area contributed by atoms with E-state index >= 15 is 0 Å². The van der Waals surface area contributed by atoms with Crippen LogP contribution < -0.4 is 5.56 Å².